The van der Waals surface area contributed by atoms with E-state index in [0.717, 1.165) is 48.5 Å². The smallest absolute Gasteiger partial charge is 0.271 e. The summed E-state index contributed by atoms with van der Waals surface area (Å²) in [5.74, 6) is 0. The van der Waals surface area contributed by atoms with Crippen LogP contribution < -0.4 is 10.9 Å². The van der Waals surface area contributed by atoms with Crippen LogP contribution in [-0.4, -0.2) is 47.2 Å². The lowest BCUT2D eigenvalue weighted by Gasteiger charge is -2.18. The first kappa shape index (κ1) is 16.1. The number of rotatable bonds is 8. The molecular weight excluding hydrogens is 284 g/mol. The molecule has 0 fully saturated rings. The van der Waals surface area contributed by atoms with Gasteiger partial charge in [-0.3, -0.25) is 9.36 Å². The van der Waals surface area contributed by atoms with Crippen LogP contribution in [0.2, 0.25) is 0 Å². The molecule has 0 saturated heterocycles. The van der Waals surface area contributed by atoms with Gasteiger partial charge in [-0.15, -0.1) is 11.3 Å². The van der Waals surface area contributed by atoms with Crippen molar-refractivity contribution in [3.05, 3.63) is 27.6 Å². The van der Waals surface area contributed by atoms with Gasteiger partial charge in [0.15, 0.2) is 0 Å². The molecule has 116 valence electrons. The molecule has 1 N–H and O–H groups in total. The number of hydrogen-bond acceptors (Lipinski definition) is 5. The van der Waals surface area contributed by atoms with Crippen LogP contribution in [0.4, 0.5) is 0 Å². The van der Waals surface area contributed by atoms with Crippen LogP contribution in [0, 0.1) is 6.92 Å². The van der Waals surface area contributed by atoms with E-state index in [2.05, 4.69) is 29.0 Å². The normalized spacial score (nSPS) is 11.6. The molecule has 0 radical (unpaired) electrons. The predicted molar refractivity (Wildman–Crippen MR) is 89.3 cm³/mol. The molecule has 0 aliphatic heterocycles. The second-order valence-corrected chi connectivity index (χ2v) is 6.00. The fraction of sp³-hybridized carbons (Fsp3) is 0.600. The van der Waals surface area contributed by atoms with E-state index in [0.29, 0.717) is 6.54 Å². The molecule has 5 nitrogen and oxygen atoms in total. The zero-order valence-electron chi connectivity index (χ0n) is 13.1. The summed E-state index contributed by atoms with van der Waals surface area (Å²) in [5, 5.41) is 5.38. The highest BCUT2D eigenvalue weighted by atomic mass is 32.1. The van der Waals surface area contributed by atoms with Crippen molar-refractivity contribution >= 4 is 21.6 Å². The Hall–Kier alpha value is -1.24. The fourth-order valence-corrected chi connectivity index (χ4v) is 3.27. The first-order chi connectivity index (χ1) is 10.2. The maximum absolute atomic E-state index is 12.3. The summed E-state index contributed by atoms with van der Waals surface area (Å²) in [6, 6.07) is 0. The number of hydrogen-bond donors (Lipinski definition) is 1. The average Bonchev–Trinajstić information content (AvgIpc) is 2.87. The highest BCUT2D eigenvalue weighted by Crippen LogP contribution is 2.19. The van der Waals surface area contributed by atoms with E-state index in [4.69, 9.17) is 0 Å². The lowest BCUT2D eigenvalue weighted by molar-refractivity contribution is 0.302. The van der Waals surface area contributed by atoms with Crippen molar-refractivity contribution in [3.63, 3.8) is 0 Å². The van der Waals surface area contributed by atoms with Crippen molar-refractivity contribution in [2.75, 3.05) is 32.7 Å². The zero-order valence-corrected chi connectivity index (χ0v) is 13.9. The molecular formula is C15H24N4OS. The van der Waals surface area contributed by atoms with Crippen LogP contribution in [0.1, 0.15) is 19.4 Å². The zero-order chi connectivity index (χ0) is 15.2. The van der Waals surface area contributed by atoms with E-state index in [1.807, 2.05) is 12.3 Å². The predicted octanol–water partition coefficient (Wildman–Crippen LogP) is 1.70. The van der Waals surface area contributed by atoms with Gasteiger partial charge < -0.3 is 10.2 Å². The summed E-state index contributed by atoms with van der Waals surface area (Å²) in [7, 11) is 0. The Bertz CT molecular complexity index is 630. The maximum Gasteiger partial charge on any atom is 0.271 e. The van der Waals surface area contributed by atoms with Crippen molar-refractivity contribution in [1.29, 1.82) is 0 Å². The molecule has 21 heavy (non-hydrogen) atoms. The molecule has 0 atom stereocenters. The molecule has 0 aliphatic rings. The van der Waals surface area contributed by atoms with Crippen molar-refractivity contribution in [1.82, 2.24) is 19.8 Å². The van der Waals surface area contributed by atoms with Gasteiger partial charge in [-0.05, 0) is 31.0 Å². The molecule has 0 aliphatic carbocycles. The Morgan fingerprint density at radius 3 is 2.81 bits per heavy atom. The maximum atomic E-state index is 12.3. The van der Waals surface area contributed by atoms with Crippen molar-refractivity contribution in [3.8, 4) is 0 Å². The van der Waals surface area contributed by atoms with Gasteiger partial charge in [0.05, 0.1) is 11.8 Å². The molecule has 0 amide bonds. The number of likely N-dealkylation sites (N-methyl/N-ethyl adjacent to an activating group) is 1. The standard InChI is InChI=1S/C15H24N4OS/c1-4-18(5-2)8-6-16-7-9-19-11-17-13-12(3)10-21-14(13)15(19)20/h10-11,16H,4-9H2,1-3H3. The minimum atomic E-state index is 0.0728. The highest BCUT2D eigenvalue weighted by Gasteiger charge is 2.07. The summed E-state index contributed by atoms with van der Waals surface area (Å²) in [6.45, 7) is 11.9. The first-order valence-electron chi connectivity index (χ1n) is 7.53. The molecule has 2 aromatic heterocycles. The van der Waals surface area contributed by atoms with Crippen LogP contribution in [0.3, 0.4) is 0 Å². The van der Waals surface area contributed by atoms with Gasteiger partial charge in [-0.2, -0.15) is 0 Å². The SMILES string of the molecule is CCN(CC)CCNCCn1cnc2c(C)csc2c1=O. The van der Waals surface area contributed by atoms with Crippen molar-refractivity contribution < 1.29 is 0 Å². The van der Waals surface area contributed by atoms with Gasteiger partial charge in [0, 0.05) is 26.2 Å². The van der Waals surface area contributed by atoms with Crippen LogP contribution in [-0.2, 0) is 6.54 Å². The topological polar surface area (TPSA) is 50.2 Å². The monoisotopic (exact) mass is 308 g/mol. The Morgan fingerprint density at radius 2 is 2.10 bits per heavy atom. The Kier molecular flexibility index (Phi) is 5.90. The molecule has 0 saturated carbocycles. The molecule has 0 spiro atoms. The lowest BCUT2D eigenvalue weighted by atomic mass is 10.3. The van der Waals surface area contributed by atoms with E-state index in [1.165, 1.54) is 11.3 Å². The molecule has 2 aromatic rings. The van der Waals surface area contributed by atoms with E-state index < -0.39 is 0 Å². The summed E-state index contributed by atoms with van der Waals surface area (Å²) < 4.78 is 2.46. The number of aryl methyl sites for hydroxylation is 1. The van der Waals surface area contributed by atoms with Gasteiger partial charge in [-0.1, -0.05) is 13.8 Å². The number of fused-ring (bicyclic) bond motifs is 1. The van der Waals surface area contributed by atoms with Crippen LogP contribution in [0.5, 0.6) is 0 Å². The Morgan fingerprint density at radius 1 is 1.33 bits per heavy atom. The summed E-state index contributed by atoms with van der Waals surface area (Å²) in [5.41, 5.74) is 2.00. The number of nitrogens with one attached hydrogen (secondary N) is 1. The van der Waals surface area contributed by atoms with Crippen molar-refractivity contribution in [2.24, 2.45) is 0 Å². The summed E-state index contributed by atoms with van der Waals surface area (Å²) in [6.07, 6.45) is 1.66. The molecule has 0 aromatic carbocycles. The van der Waals surface area contributed by atoms with Gasteiger partial charge in [0.2, 0.25) is 0 Å². The second-order valence-electron chi connectivity index (χ2n) is 5.12. The summed E-state index contributed by atoms with van der Waals surface area (Å²) >= 11 is 1.49. The third-order valence-corrected chi connectivity index (χ3v) is 4.83. The molecule has 0 unspecified atom stereocenters. The summed E-state index contributed by atoms with van der Waals surface area (Å²) in [4.78, 5) is 19.1. The molecule has 6 heteroatoms. The molecule has 2 heterocycles. The van der Waals surface area contributed by atoms with Crippen LogP contribution in [0.25, 0.3) is 10.2 Å². The van der Waals surface area contributed by atoms with Crippen molar-refractivity contribution in [2.45, 2.75) is 27.3 Å². The van der Waals surface area contributed by atoms with Gasteiger partial charge in [0.1, 0.15) is 4.70 Å². The molecule has 0 bridgehead atoms. The van der Waals surface area contributed by atoms with Gasteiger partial charge in [0.25, 0.3) is 5.56 Å². The third kappa shape index (κ3) is 3.90. The lowest BCUT2D eigenvalue weighted by Crippen LogP contribution is -2.34. The number of nitrogens with zero attached hydrogens (tertiary/aromatic N) is 3. The Balaban J connectivity index is 1.87. The average molecular weight is 308 g/mol. The largest absolute Gasteiger partial charge is 0.314 e. The van der Waals surface area contributed by atoms with Crippen LogP contribution in [0.15, 0.2) is 16.5 Å². The first-order valence-corrected chi connectivity index (χ1v) is 8.41. The van der Waals surface area contributed by atoms with E-state index in [-0.39, 0.29) is 5.56 Å². The minimum absolute atomic E-state index is 0.0728. The third-order valence-electron chi connectivity index (χ3n) is 3.75. The number of thiophene rings is 1. The Labute approximate surface area is 129 Å². The van der Waals surface area contributed by atoms with E-state index >= 15 is 0 Å². The van der Waals surface area contributed by atoms with E-state index in [1.54, 1.807) is 10.9 Å². The van der Waals surface area contributed by atoms with Gasteiger partial charge >= 0.3 is 0 Å². The second kappa shape index (κ2) is 7.68. The minimum Gasteiger partial charge on any atom is -0.314 e. The number of aromatic nitrogens is 2. The fourth-order valence-electron chi connectivity index (χ4n) is 2.32. The quantitative estimate of drug-likeness (QED) is 0.754. The molecule has 2 rings (SSSR count). The van der Waals surface area contributed by atoms with E-state index in [9.17, 15) is 4.79 Å². The van der Waals surface area contributed by atoms with Crippen LogP contribution >= 0.6 is 11.3 Å². The highest BCUT2D eigenvalue weighted by molar-refractivity contribution is 7.17. The van der Waals surface area contributed by atoms with Gasteiger partial charge in [-0.25, -0.2) is 4.98 Å².